The molecular formula is C13H18ClFN2O2S. The van der Waals surface area contributed by atoms with E-state index in [9.17, 15) is 12.8 Å². The maximum absolute atomic E-state index is 14.1. The Morgan fingerprint density at radius 1 is 1.45 bits per heavy atom. The molecule has 1 aliphatic carbocycles. The molecule has 0 atom stereocenters. The van der Waals surface area contributed by atoms with E-state index in [1.165, 1.54) is 10.4 Å². The molecule has 0 unspecified atom stereocenters. The topological polar surface area (TPSA) is 63.4 Å². The third-order valence-electron chi connectivity index (χ3n) is 3.10. The van der Waals surface area contributed by atoms with Gasteiger partial charge < -0.3 is 5.73 Å². The van der Waals surface area contributed by atoms with Gasteiger partial charge in [-0.15, -0.1) is 0 Å². The van der Waals surface area contributed by atoms with E-state index in [1.54, 1.807) is 0 Å². The van der Waals surface area contributed by atoms with Crippen LogP contribution in [0.4, 0.5) is 10.1 Å². The summed E-state index contributed by atoms with van der Waals surface area (Å²) in [5, 5.41) is -0.274. The monoisotopic (exact) mass is 320 g/mol. The highest BCUT2D eigenvalue weighted by Crippen LogP contribution is 2.35. The average molecular weight is 321 g/mol. The molecule has 4 nitrogen and oxygen atoms in total. The van der Waals surface area contributed by atoms with Crippen molar-refractivity contribution in [2.24, 2.45) is 5.92 Å². The maximum Gasteiger partial charge on any atom is 0.246 e. The fourth-order valence-corrected chi connectivity index (χ4v) is 4.32. The number of nitrogens with two attached hydrogens (primary N) is 1. The number of anilines is 1. The standard InChI is InChI=1S/C13H18ClFN2O2S/c1-8(2)7-17(10-3-4-10)20(18,19)12-6-9(16)5-11(14)13(12)15/h5-6,8,10H,3-4,7,16H2,1-2H3. The first-order chi connectivity index (χ1) is 9.23. The Labute approximate surface area is 123 Å². The highest BCUT2D eigenvalue weighted by Gasteiger charge is 2.39. The van der Waals surface area contributed by atoms with Gasteiger partial charge in [0.1, 0.15) is 4.90 Å². The Morgan fingerprint density at radius 2 is 2.05 bits per heavy atom. The van der Waals surface area contributed by atoms with Crippen LogP contribution in [0.3, 0.4) is 0 Å². The SMILES string of the molecule is CC(C)CN(C1CC1)S(=O)(=O)c1cc(N)cc(Cl)c1F. The highest BCUT2D eigenvalue weighted by atomic mass is 35.5. The minimum atomic E-state index is -3.91. The van der Waals surface area contributed by atoms with E-state index in [0.717, 1.165) is 18.9 Å². The van der Waals surface area contributed by atoms with Gasteiger partial charge in [-0.3, -0.25) is 0 Å². The van der Waals surface area contributed by atoms with Crippen LogP contribution in [-0.4, -0.2) is 25.3 Å². The van der Waals surface area contributed by atoms with Crippen LogP contribution in [0.15, 0.2) is 17.0 Å². The first-order valence-corrected chi connectivity index (χ1v) is 8.31. The molecule has 0 saturated heterocycles. The average Bonchev–Trinajstić information content (AvgIpc) is 3.14. The van der Waals surface area contributed by atoms with Gasteiger partial charge in [0.15, 0.2) is 5.82 Å². The summed E-state index contributed by atoms with van der Waals surface area (Å²) in [5.74, 6) is -0.778. The predicted molar refractivity (Wildman–Crippen MR) is 77.6 cm³/mol. The van der Waals surface area contributed by atoms with Crippen LogP contribution in [-0.2, 0) is 10.0 Å². The van der Waals surface area contributed by atoms with Crippen LogP contribution >= 0.6 is 11.6 Å². The molecule has 1 aromatic carbocycles. The van der Waals surface area contributed by atoms with E-state index in [0.29, 0.717) is 6.54 Å². The minimum absolute atomic E-state index is 0.0398. The van der Waals surface area contributed by atoms with Gasteiger partial charge in [0.2, 0.25) is 10.0 Å². The summed E-state index contributed by atoms with van der Waals surface area (Å²) in [7, 11) is -3.91. The van der Waals surface area contributed by atoms with Crippen molar-refractivity contribution in [3.63, 3.8) is 0 Å². The summed E-state index contributed by atoms with van der Waals surface area (Å²) in [6, 6.07) is 2.30. The van der Waals surface area contributed by atoms with Crippen molar-refractivity contribution in [1.82, 2.24) is 4.31 Å². The van der Waals surface area contributed by atoms with Gasteiger partial charge in [0.25, 0.3) is 0 Å². The quantitative estimate of drug-likeness (QED) is 0.848. The van der Waals surface area contributed by atoms with Crippen molar-refractivity contribution in [3.8, 4) is 0 Å². The van der Waals surface area contributed by atoms with E-state index in [-0.39, 0.29) is 22.7 Å². The van der Waals surface area contributed by atoms with Gasteiger partial charge >= 0.3 is 0 Å². The van der Waals surface area contributed by atoms with Gasteiger partial charge in [-0.25, -0.2) is 12.8 Å². The maximum atomic E-state index is 14.1. The smallest absolute Gasteiger partial charge is 0.246 e. The van der Waals surface area contributed by atoms with E-state index in [2.05, 4.69) is 0 Å². The van der Waals surface area contributed by atoms with Crippen LogP contribution < -0.4 is 5.73 Å². The lowest BCUT2D eigenvalue weighted by atomic mass is 10.2. The molecule has 1 aliphatic rings. The number of benzene rings is 1. The molecule has 20 heavy (non-hydrogen) atoms. The van der Waals surface area contributed by atoms with E-state index in [4.69, 9.17) is 17.3 Å². The van der Waals surface area contributed by atoms with E-state index in [1.807, 2.05) is 13.8 Å². The van der Waals surface area contributed by atoms with Gasteiger partial charge in [0.05, 0.1) is 5.02 Å². The zero-order valence-corrected chi connectivity index (χ0v) is 13.0. The Bertz CT molecular complexity index is 615. The summed E-state index contributed by atoms with van der Waals surface area (Å²) in [4.78, 5) is -0.435. The number of halogens is 2. The molecule has 1 saturated carbocycles. The second kappa shape index (κ2) is 5.50. The van der Waals surface area contributed by atoms with Crippen molar-refractivity contribution >= 4 is 27.3 Å². The largest absolute Gasteiger partial charge is 0.399 e. The molecule has 0 amide bonds. The normalized spacial score (nSPS) is 16.1. The Kier molecular flexibility index (Phi) is 4.27. The first kappa shape index (κ1) is 15.5. The van der Waals surface area contributed by atoms with Crippen LogP contribution in [0.25, 0.3) is 0 Å². The van der Waals surface area contributed by atoms with Crippen LogP contribution in [0, 0.1) is 11.7 Å². The number of hydrogen-bond donors (Lipinski definition) is 1. The molecule has 7 heteroatoms. The molecule has 0 aromatic heterocycles. The highest BCUT2D eigenvalue weighted by molar-refractivity contribution is 7.89. The fourth-order valence-electron chi connectivity index (χ4n) is 2.06. The number of sulfonamides is 1. The lowest BCUT2D eigenvalue weighted by Gasteiger charge is -2.24. The first-order valence-electron chi connectivity index (χ1n) is 6.50. The summed E-state index contributed by atoms with van der Waals surface area (Å²) in [6.07, 6.45) is 1.62. The molecule has 112 valence electrons. The van der Waals surface area contributed by atoms with Gasteiger partial charge in [-0.2, -0.15) is 4.31 Å². The Hall–Kier alpha value is -0.850. The zero-order chi connectivity index (χ0) is 15.1. The van der Waals surface area contributed by atoms with Gasteiger partial charge in [-0.1, -0.05) is 25.4 Å². The molecule has 2 N–H and O–H groups in total. The summed E-state index contributed by atoms with van der Waals surface area (Å²) in [5.41, 5.74) is 5.72. The molecule has 0 heterocycles. The van der Waals surface area contributed by atoms with Crippen LogP contribution in [0.2, 0.25) is 5.02 Å². The zero-order valence-electron chi connectivity index (χ0n) is 11.4. The minimum Gasteiger partial charge on any atom is -0.399 e. The number of nitrogen functional groups attached to an aromatic ring is 1. The predicted octanol–water partition coefficient (Wildman–Crippen LogP) is 2.87. The van der Waals surface area contributed by atoms with Gasteiger partial charge in [-0.05, 0) is 30.9 Å². The number of hydrogen-bond acceptors (Lipinski definition) is 3. The van der Waals surface area contributed by atoms with Crippen molar-refractivity contribution in [2.45, 2.75) is 37.6 Å². The van der Waals surface area contributed by atoms with Crippen molar-refractivity contribution in [1.29, 1.82) is 0 Å². The molecule has 1 aromatic rings. The van der Waals surface area contributed by atoms with Crippen molar-refractivity contribution in [2.75, 3.05) is 12.3 Å². The lowest BCUT2D eigenvalue weighted by molar-refractivity contribution is 0.358. The van der Waals surface area contributed by atoms with Crippen LogP contribution in [0.5, 0.6) is 0 Å². The fraction of sp³-hybridized carbons (Fsp3) is 0.538. The summed E-state index contributed by atoms with van der Waals surface area (Å²) < 4.78 is 40.7. The molecule has 0 spiro atoms. The van der Waals surface area contributed by atoms with Gasteiger partial charge in [0, 0.05) is 18.3 Å². The van der Waals surface area contributed by atoms with Crippen molar-refractivity contribution in [3.05, 3.63) is 23.0 Å². The number of rotatable bonds is 5. The third kappa shape index (κ3) is 3.07. The lowest BCUT2D eigenvalue weighted by Crippen LogP contribution is -2.36. The van der Waals surface area contributed by atoms with Crippen molar-refractivity contribution < 1.29 is 12.8 Å². The van der Waals surface area contributed by atoms with Crippen LogP contribution in [0.1, 0.15) is 26.7 Å². The Balaban J connectivity index is 2.48. The molecule has 0 radical (unpaired) electrons. The van der Waals surface area contributed by atoms with E-state index < -0.39 is 20.7 Å². The molecule has 0 aliphatic heterocycles. The second-order valence-electron chi connectivity index (χ2n) is 5.51. The molecular weight excluding hydrogens is 303 g/mol. The Morgan fingerprint density at radius 3 is 2.55 bits per heavy atom. The number of nitrogens with zero attached hydrogens (tertiary/aromatic N) is 1. The summed E-state index contributed by atoms with van der Waals surface area (Å²) >= 11 is 5.69. The molecule has 1 fully saturated rings. The van der Waals surface area contributed by atoms with E-state index >= 15 is 0 Å². The molecule has 2 rings (SSSR count). The molecule has 0 bridgehead atoms. The second-order valence-corrected chi connectivity index (χ2v) is 7.78. The third-order valence-corrected chi connectivity index (χ3v) is 5.30. The summed E-state index contributed by atoms with van der Waals surface area (Å²) in [6.45, 7) is 4.21.